The van der Waals surface area contributed by atoms with E-state index >= 15 is 0 Å². The van der Waals surface area contributed by atoms with E-state index in [0.29, 0.717) is 5.88 Å². The molecule has 5 heteroatoms. The minimum atomic E-state index is 0.133. The first-order chi connectivity index (χ1) is 10.2. The number of nitrogens with one attached hydrogen (secondary N) is 1. The number of nitrogens with zero attached hydrogens (tertiary/aromatic N) is 3. The Bertz CT molecular complexity index is 451. The zero-order valence-electron chi connectivity index (χ0n) is 13.1. The fourth-order valence-corrected chi connectivity index (χ4v) is 3.43. The molecule has 0 radical (unpaired) electrons. The number of ether oxygens (including phenoxy) is 1. The summed E-state index contributed by atoms with van der Waals surface area (Å²) in [5.41, 5.74) is 0. The molecule has 3 heterocycles. The Balaban J connectivity index is 1.58. The zero-order chi connectivity index (χ0) is 14.7. The Morgan fingerprint density at radius 1 is 1.24 bits per heavy atom. The van der Waals surface area contributed by atoms with Crippen LogP contribution in [0.2, 0.25) is 0 Å². The van der Waals surface area contributed by atoms with E-state index in [0.717, 1.165) is 30.9 Å². The predicted molar refractivity (Wildman–Crippen MR) is 83.8 cm³/mol. The molecule has 0 bridgehead atoms. The number of hydrogen-bond donors (Lipinski definition) is 1. The molecule has 1 unspecified atom stereocenters. The molecule has 1 atom stereocenters. The molecule has 2 saturated heterocycles. The van der Waals surface area contributed by atoms with Crippen molar-refractivity contribution >= 4 is 5.82 Å². The topological polar surface area (TPSA) is 50.3 Å². The summed E-state index contributed by atoms with van der Waals surface area (Å²) in [6.07, 6.45) is 8.85. The fourth-order valence-electron chi connectivity index (χ4n) is 3.43. The molecule has 1 aromatic rings. The van der Waals surface area contributed by atoms with Crippen molar-refractivity contribution in [2.24, 2.45) is 5.92 Å². The van der Waals surface area contributed by atoms with Gasteiger partial charge in [-0.1, -0.05) is 0 Å². The molecule has 3 rings (SSSR count). The van der Waals surface area contributed by atoms with Crippen LogP contribution < -0.4 is 15.0 Å². The summed E-state index contributed by atoms with van der Waals surface area (Å²) in [6, 6.07) is 0.744. The largest absolute Gasteiger partial charge is 0.474 e. The standard InChI is InChI=1S/C16H26N4O/c1-12(2)21-16-11-17-10-15(19-16)20-8-5-13(6-9-20)14-4-3-7-18-14/h10-14,18H,3-9H2,1-2H3. The second-order valence-electron chi connectivity index (χ2n) is 6.41. The van der Waals surface area contributed by atoms with E-state index in [-0.39, 0.29) is 6.10 Å². The minimum absolute atomic E-state index is 0.133. The Morgan fingerprint density at radius 3 is 2.71 bits per heavy atom. The van der Waals surface area contributed by atoms with Crippen molar-refractivity contribution < 1.29 is 4.74 Å². The van der Waals surface area contributed by atoms with Crippen LogP contribution in [0, 0.1) is 5.92 Å². The van der Waals surface area contributed by atoms with E-state index in [1.54, 1.807) is 6.20 Å². The van der Waals surface area contributed by atoms with Crippen molar-refractivity contribution in [1.82, 2.24) is 15.3 Å². The molecule has 1 aromatic heterocycles. The maximum Gasteiger partial charge on any atom is 0.234 e. The average molecular weight is 290 g/mol. The molecule has 2 aliphatic rings. The molecule has 0 aromatic carbocycles. The lowest BCUT2D eigenvalue weighted by Gasteiger charge is -2.35. The van der Waals surface area contributed by atoms with Crippen molar-refractivity contribution in [2.45, 2.75) is 51.7 Å². The van der Waals surface area contributed by atoms with Gasteiger partial charge in [-0.2, -0.15) is 4.98 Å². The van der Waals surface area contributed by atoms with Gasteiger partial charge in [-0.15, -0.1) is 0 Å². The molecule has 5 nitrogen and oxygen atoms in total. The summed E-state index contributed by atoms with van der Waals surface area (Å²) in [7, 11) is 0. The third-order valence-corrected chi connectivity index (χ3v) is 4.49. The second kappa shape index (κ2) is 6.60. The number of anilines is 1. The van der Waals surface area contributed by atoms with Crippen LogP contribution in [0.3, 0.4) is 0 Å². The van der Waals surface area contributed by atoms with E-state index in [9.17, 15) is 0 Å². The lowest BCUT2D eigenvalue weighted by Crippen LogP contribution is -2.41. The van der Waals surface area contributed by atoms with Crippen molar-refractivity contribution in [3.05, 3.63) is 12.4 Å². The molecule has 2 aliphatic heterocycles. The summed E-state index contributed by atoms with van der Waals surface area (Å²) in [4.78, 5) is 11.2. The number of piperidine rings is 1. The molecule has 0 spiro atoms. The fraction of sp³-hybridized carbons (Fsp3) is 0.750. The Hall–Kier alpha value is -1.36. The average Bonchev–Trinajstić information content (AvgIpc) is 3.01. The Labute approximate surface area is 127 Å². The van der Waals surface area contributed by atoms with Crippen LogP contribution in [-0.4, -0.2) is 41.7 Å². The van der Waals surface area contributed by atoms with Crippen LogP contribution in [0.4, 0.5) is 5.82 Å². The Kier molecular flexibility index (Phi) is 4.58. The van der Waals surface area contributed by atoms with Gasteiger partial charge in [0.2, 0.25) is 5.88 Å². The number of aromatic nitrogens is 2. The van der Waals surface area contributed by atoms with E-state index in [2.05, 4.69) is 20.2 Å². The van der Waals surface area contributed by atoms with Gasteiger partial charge in [-0.3, -0.25) is 4.98 Å². The van der Waals surface area contributed by atoms with Gasteiger partial charge in [-0.05, 0) is 52.0 Å². The highest BCUT2D eigenvalue weighted by atomic mass is 16.5. The molecule has 0 saturated carbocycles. The van der Waals surface area contributed by atoms with Crippen molar-refractivity contribution in [2.75, 3.05) is 24.5 Å². The van der Waals surface area contributed by atoms with Crippen molar-refractivity contribution in [3.63, 3.8) is 0 Å². The summed E-state index contributed by atoms with van der Waals surface area (Å²) >= 11 is 0. The minimum Gasteiger partial charge on any atom is -0.474 e. The molecule has 21 heavy (non-hydrogen) atoms. The molecule has 2 fully saturated rings. The van der Waals surface area contributed by atoms with Gasteiger partial charge in [0.25, 0.3) is 0 Å². The van der Waals surface area contributed by atoms with Gasteiger partial charge in [-0.25, -0.2) is 0 Å². The summed E-state index contributed by atoms with van der Waals surface area (Å²) in [5.74, 6) is 2.40. The summed E-state index contributed by atoms with van der Waals surface area (Å²) < 4.78 is 5.64. The lowest BCUT2D eigenvalue weighted by molar-refractivity contribution is 0.231. The normalized spacial score (nSPS) is 23.8. The predicted octanol–water partition coefficient (Wildman–Crippen LogP) is 2.23. The lowest BCUT2D eigenvalue weighted by atomic mass is 9.88. The van der Waals surface area contributed by atoms with E-state index in [4.69, 9.17) is 4.74 Å². The maximum atomic E-state index is 5.64. The SMILES string of the molecule is CC(C)Oc1cncc(N2CCC(C3CCCN3)CC2)n1. The molecule has 0 amide bonds. The van der Waals surface area contributed by atoms with Crippen molar-refractivity contribution in [1.29, 1.82) is 0 Å². The highest BCUT2D eigenvalue weighted by molar-refractivity contribution is 5.38. The molecular weight excluding hydrogens is 264 g/mol. The molecule has 0 aliphatic carbocycles. The first-order valence-electron chi connectivity index (χ1n) is 8.19. The van der Waals surface area contributed by atoms with Crippen LogP contribution in [0.1, 0.15) is 39.5 Å². The van der Waals surface area contributed by atoms with Crippen molar-refractivity contribution in [3.8, 4) is 5.88 Å². The first-order valence-corrected chi connectivity index (χ1v) is 8.19. The number of hydrogen-bond acceptors (Lipinski definition) is 5. The quantitative estimate of drug-likeness (QED) is 0.921. The highest BCUT2D eigenvalue weighted by Gasteiger charge is 2.28. The van der Waals surface area contributed by atoms with Crippen LogP contribution in [-0.2, 0) is 0 Å². The maximum absolute atomic E-state index is 5.64. The van der Waals surface area contributed by atoms with Gasteiger partial charge >= 0.3 is 0 Å². The third-order valence-electron chi connectivity index (χ3n) is 4.49. The van der Waals surface area contributed by atoms with E-state index in [1.165, 1.54) is 32.2 Å². The van der Waals surface area contributed by atoms with E-state index < -0.39 is 0 Å². The molecule has 116 valence electrons. The van der Waals surface area contributed by atoms with Gasteiger partial charge in [0.15, 0.2) is 5.82 Å². The summed E-state index contributed by atoms with van der Waals surface area (Å²) in [5, 5.41) is 3.65. The highest BCUT2D eigenvalue weighted by Crippen LogP contribution is 2.28. The smallest absolute Gasteiger partial charge is 0.234 e. The number of rotatable bonds is 4. The van der Waals surface area contributed by atoms with Crippen LogP contribution in [0.5, 0.6) is 5.88 Å². The van der Waals surface area contributed by atoms with Gasteiger partial charge < -0.3 is 15.0 Å². The zero-order valence-corrected chi connectivity index (χ0v) is 13.1. The van der Waals surface area contributed by atoms with Crippen LogP contribution in [0.25, 0.3) is 0 Å². The monoisotopic (exact) mass is 290 g/mol. The molecular formula is C16H26N4O. The third kappa shape index (κ3) is 3.64. The van der Waals surface area contributed by atoms with Crippen LogP contribution >= 0.6 is 0 Å². The first kappa shape index (κ1) is 14.6. The Morgan fingerprint density at radius 2 is 2.05 bits per heavy atom. The van der Waals surface area contributed by atoms with E-state index in [1.807, 2.05) is 20.0 Å². The van der Waals surface area contributed by atoms with Gasteiger partial charge in [0.1, 0.15) is 0 Å². The van der Waals surface area contributed by atoms with Crippen LogP contribution in [0.15, 0.2) is 12.4 Å². The van der Waals surface area contributed by atoms with Gasteiger partial charge in [0.05, 0.1) is 18.5 Å². The molecule has 1 N–H and O–H groups in total. The summed E-state index contributed by atoms with van der Waals surface area (Å²) in [6.45, 7) is 7.36. The second-order valence-corrected chi connectivity index (χ2v) is 6.41. The van der Waals surface area contributed by atoms with Gasteiger partial charge in [0, 0.05) is 19.1 Å².